The summed E-state index contributed by atoms with van der Waals surface area (Å²) in [6.45, 7) is 9.18. The summed E-state index contributed by atoms with van der Waals surface area (Å²) in [6, 6.07) is 9.19. The molecular weight excluding hydrogens is 238 g/mol. The minimum atomic E-state index is 0.341. The molecule has 3 N–H and O–H groups in total. The molecule has 0 aromatic heterocycles. The quantitative estimate of drug-likeness (QED) is 0.733. The molecule has 19 heavy (non-hydrogen) atoms. The van der Waals surface area contributed by atoms with Gasteiger partial charge in [0.05, 0.1) is 6.61 Å². The van der Waals surface area contributed by atoms with E-state index in [-0.39, 0.29) is 0 Å². The molecule has 1 saturated heterocycles. The molecule has 1 aliphatic rings. The number of hydrazine groups is 1. The summed E-state index contributed by atoms with van der Waals surface area (Å²) in [4.78, 5) is 0. The van der Waals surface area contributed by atoms with Crippen LogP contribution in [0.4, 0.5) is 0 Å². The Kier molecular flexibility index (Phi) is 5.19. The molecule has 0 saturated carbocycles. The average molecular weight is 263 g/mol. The maximum Gasteiger partial charge on any atom is 0.119 e. The second kappa shape index (κ2) is 6.89. The fourth-order valence-electron chi connectivity index (χ4n) is 2.38. The van der Waals surface area contributed by atoms with Crippen LogP contribution in [-0.2, 0) is 0 Å². The Morgan fingerprint density at radius 3 is 3.00 bits per heavy atom. The van der Waals surface area contributed by atoms with Crippen molar-refractivity contribution in [1.82, 2.24) is 16.2 Å². The van der Waals surface area contributed by atoms with Crippen LogP contribution in [0.3, 0.4) is 0 Å². The van der Waals surface area contributed by atoms with E-state index in [9.17, 15) is 0 Å². The lowest BCUT2D eigenvalue weighted by atomic mass is 10.0. The van der Waals surface area contributed by atoms with Gasteiger partial charge in [0.2, 0.25) is 0 Å². The molecule has 0 amide bonds. The molecular formula is C15H25N3O. The molecule has 1 fully saturated rings. The Labute approximate surface area is 115 Å². The predicted molar refractivity (Wildman–Crippen MR) is 78.1 cm³/mol. The first-order chi connectivity index (χ1) is 9.20. The highest BCUT2D eigenvalue weighted by molar-refractivity contribution is 5.30. The Morgan fingerprint density at radius 2 is 2.32 bits per heavy atom. The summed E-state index contributed by atoms with van der Waals surface area (Å²) in [5.74, 6) is 1.59. The van der Waals surface area contributed by atoms with Gasteiger partial charge in [0.1, 0.15) is 5.75 Å². The zero-order valence-electron chi connectivity index (χ0n) is 12.1. The third kappa shape index (κ3) is 3.93. The highest BCUT2D eigenvalue weighted by Crippen LogP contribution is 2.19. The van der Waals surface area contributed by atoms with Crippen LogP contribution in [-0.4, -0.2) is 25.7 Å². The number of rotatable bonds is 6. The third-order valence-electron chi connectivity index (χ3n) is 3.76. The Bertz CT molecular complexity index is 397. The highest BCUT2D eigenvalue weighted by atomic mass is 16.5. The van der Waals surface area contributed by atoms with E-state index in [4.69, 9.17) is 4.74 Å². The molecule has 1 aromatic rings. The van der Waals surface area contributed by atoms with Crippen molar-refractivity contribution >= 4 is 0 Å². The van der Waals surface area contributed by atoms with Crippen molar-refractivity contribution in [3.8, 4) is 5.75 Å². The van der Waals surface area contributed by atoms with Gasteiger partial charge < -0.3 is 10.1 Å². The topological polar surface area (TPSA) is 45.3 Å². The monoisotopic (exact) mass is 263 g/mol. The van der Waals surface area contributed by atoms with E-state index in [0.29, 0.717) is 24.6 Å². The molecule has 106 valence electrons. The van der Waals surface area contributed by atoms with Crippen LogP contribution in [0.15, 0.2) is 24.3 Å². The minimum absolute atomic E-state index is 0.341. The number of hydrogen-bond donors (Lipinski definition) is 3. The third-order valence-corrected chi connectivity index (χ3v) is 3.76. The van der Waals surface area contributed by atoms with Crippen molar-refractivity contribution in [2.75, 3.05) is 19.7 Å². The van der Waals surface area contributed by atoms with Gasteiger partial charge in [-0.05, 0) is 38.5 Å². The fraction of sp³-hybridized carbons (Fsp3) is 0.600. The lowest BCUT2D eigenvalue weighted by Gasteiger charge is -2.20. The van der Waals surface area contributed by atoms with E-state index in [1.807, 2.05) is 13.0 Å². The molecule has 3 unspecified atom stereocenters. The molecule has 1 aromatic carbocycles. The molecule has 1 heterocycles. The summed E-state index contributed by atoms with van der Waals surface area (Å²) in [5.41, 5.74) is 7.73. The molecule has 0 spiro atoms. The first-order valence-electron chi connectivity index (χ1n) is 7.15. The zero-order valence-corrected chi connectivity index (χ0v) is 12.1. The molecule has 4 heteroatoms. The second-order valence-corrected chi connectivity index (χ2v) is 5.21. The Morgan fingerprint density at radius 1 is 1.47 bits per heavy atom. The first kappa shape index (κ1) is 14.3. The maximum absolute atomic E-state index is 5.54. The van der Waals surface area contributed by atoms with E-state index in [1.165, 1.54) is 5.56 Å². The lowest BCUT2D eigenvalue weighted by Crippen LogP contribution is -2.33. The van der Waals surface area contributed by atoms with Crippen LogP contribution < -0.4 is 20.9 Å². The number of nitrogens with one attached hydrogen (secondary N) is 3. The smallest absolute Gasteiger partial charge is 0.119 e. The Balaban J connectivity index is 1.88. The van der Waals surface area contributed by atoms with Gasteiger partial charge in [0.25, 0.3) is 0 Å². The fourth-order valence-corrected chi connectivity index (χ4v) is 2.38. The Hall–Kier alpha value is -1.10. The molecule has 0 aliphatic carbocycles. The van der Waals surface area contributed by atoms with Gasteiger partial charge in [-0.2, -0.15) is 0 Å². The van der Waals surface area contributed by atoms with Crippen LogP contribution in [0.2, 0.25) is 0 Å². The molecule has 0 bridgehead atoms. The van der Waals surface area contributed by atoms with Gasteiger partial charge >= 0.3 is 0 Å². The largest absolute Gasteiger partial charge is 0.494 e. The van der Waals surface area contributed by atoms with E-state index in [1.54, 1.807) is 0 Å². The summed E-state index contributed by atoms with van der Waals surface area (Å²) in [7, 11) is 0. The highest BCUT2D eigenvalue weighted by Gasteiger charge is 2.22. The summed E-state index contributed by atoms with van der Waals surface area (Å²) in [5, 5.41) is 3.61. The SMILES string of the molecule is CCOc1cccc(C(C)NCC2CNNC2C)c1. The maximum atomic E-state index is 5.54. The van der Waals surface area contributed by atoms with Crippen LogP contribution in [0.5, 0.6) is 5.75 Å². The van der Waals surface area contributed by atoms with Crippen LogP contribution in [0, 0.1) is 5.92 Å². The number of hydrogen-bond acceptors (Lipinski definition) is 4. The van der Waals surface area contributed by atoms with Gasteiger partial charge in [-0.3, -0.25) is 10.9 Å². The average Bonchev–Trinajstić information content (AvgIpc) is 2.82. The zero-order chi connectivity index (χ0) is 13.7. The lowest BCUT2D eigenvalue weighted by molar-refractivity contribution is 0.339. The summed E-state index contributed by atoms with van der Waals surface area (Å²) >= 11 is 0. The molecule has 0 radical (unpaired) electrons. The molecule has 3 atom stereocenters. The van der Waals surface area contributed by atoms with Crippen molar-refractivity contribution in [2.24, 2.45) is 5.92 Å². The van der Waals surface area contributed by atoms with Crippen molar-refractivity contribution in [1.29, 1.82) is 0 Å². The van der Waals surface area contributed by atoms with Gasteiger partial charge in [-0.25, -0.2) is 0 Å². The summed E-state index contributed by atoms with van der Waals surface area (Å²) in [6.07, 6.45) is 0. The van der Waals surface area contributed by atoms with Crippen LogP contribution in [0.25, 0.3) is 0 Å². The van der Waals surface area contributed by atoms with E-state index in [0.717, 1.165) is 18.8 Å². The van der Waals surface area contributed by atoms with E-state index >= 15 is 0 Å². The van der Waals surface area contributed by atoms with Crippen LogP contribution in [0.1, 0.15) is 32.4 Å². The summed E-state index contributed by atoms with van der Waals surface area (Å²) < 4.78 is 5.54. The molecule has 4 nitrogen and oxygen atoms in total. The number of ether oxygens (including phenoxy) is 1. The minimum Gasteiger partial charge on any atom is -0.494 e. The normalized spacial score (nSPS) is 24.4. The molecule has 1 aliphatic heterocycles. The van der Waals surface area contributed by atoms with Crippen molar-refractivity contribution in [3.05, 3.63) is 29.8 Å². The van der Waals surface area contributed by atoms with Gasteiger partial charge in [-0.1, -0.05) is 12.1 Å². The first-order valence-corrected chi connectivity index (χ1v) is 7.15. The number of benzene rings is 1. The molecule has 2 rings (SSSR count). The van der Waals surface area contributed by atoms with Gasteiger partial charge in [-0.15, -0.1) is 0 Å². The van der Waals surface area contributed by atoms with Crippen molar-refractivity contribution < 1.29 is 4.74 Å². The van der Waals surface area contributed by atoms with Gasteiger partial charge in [0, 0.05) is 31.1 Å². The van der Waals surface area contributed by atoms with E-state index < -0.39 is 0 Å². The second-order valence-electron chi connectivity index (χ2n) is 5.21. The van der Waals surface area contributed by atoms with Crippen molar-refractivity contribution in [2.45, 2.75) is 32.9 Å². The van der Waals surface area contributed by atoms with Crippen LogP contribution >= 0.6 is 0 Å². The predicted octanol–water partition coefficient (Wildman–Crippen LogP) is 1.85. The standard InChI is InChI=1S/C15H25N3O/c1-4-19-15-7-5-6-13(8-15)11(2)16-9-14-10-17-18-12(14)3/h5-8,11-12,14,16-18H,4,9-10H2,1-3H3. The van der Waals surface area contributed by atoms with E-state index in [2.05, 4.69) is 48.2 Å². The van der Waals surface area contributed by atoms with Gasteiger partial charge in [0.15, 0.2) is 0 Å². The van der Waals surface area contributed by atoms with Crippen molar-refractivity contribution in [3.63, 3.8) is 0 Å².